The molecule has 2 aromatic heterocycles. The Bertz CT molecular complexity index is 3760. The van der Waals surface area contributed by atoms with E-state index in [9.17, 15) is 0 Å². The summed E-state index contributed by atoms with van der Waals surface area (Å²) >= 11 is 0. The van der Waals surface area contributed by atoms with Gasteiger partial charge in [0.2, 0.25) is 0 Å². The van der Waals surface area contributed by atoms with Crippen LogP contribution in [0.2, 0.25) is 0 Å². The maximum absolute atomic E-state index is 6.68. The van der Waals surface area contributed by atoms with Gasteiger partial charge in [-0.15, -0.1) is 0 Å². The van der Waals surface area contributed by atoms with Crippen LogP contribution in [0.15, 0.2) is 199 Å². The normalized spacial score (nSPS) is 14.5. The van der Waals surface area contributed by atoms with Crippen LogP contribution in [0.25, 0.3) is 88.9 Å². The predicted molar refractivity (Wildman–Crippen MR) is 258 cm³/mol. The summed E-state index contributed by atoms with van der Waals surface area (Å²) in [4.78, 5) is 10.3. The van der Waals surface area contributed by atoms with Crippen molar-refractivity contribution in [1.82, 2.24) is 9.97 Å². The van der Waals surface area contributed by atoms with E-state index >= 15 is 0 Å². The molecule has 14 rings (SSSR count). The van der Waals surface area contributed by atoms with E-state index < -0.39 is 5.41 Å². The Labute approximate surface area is 370 Å². The molecule has 0 N–H and O–H groups in total. The zero-order valence-corrected chi connectivity index (χ0v) is 35.2. The first-order valence-electron chi connectivity index (χ1n) is 22.1. The predicted octanol–water partition coefficient (Wildman–Crippen LogP) is 15.3. The van der Waals surface area contributed by atoms with Crippen molar-refractivity contribution in [1.29, 1.82) is 0 Å². The molecule has 1 spiro atoms. The third kappa shape index (κ3) is 4.66. The molecular weight excluding hydrogens is 781 g/mol. The highest BCUT2D eigenvalue weighted by atomic mass is 16.5. The minimum atomic E-state index is -0.565. The van der Waals surface area contributed by atoms with Crippen LogP contribution in [0.3, 0.4) is 0 Å². The summed E-state index contributed by atoms with van der Waals surface area (Å²) in [5.74, 6) is 2.48. The Morgan fingerprint density at radius 2 is 1.11 bits per heavy atom. The molecule has 3 aliphatic rings. The number of furan rings is 1. The summed E-state index contributed by atoms with van der Waals surface area (Å²) in [6, 6.07) is 70.1. The van der Waals surface area contributed by atoms with Crippen molar-refractivity contribution in [3.63, 3.8) is 0 Å². The lowest BCUT2D eigenvalue weighted by Crippen LogP contribution is -2.32. The lowest BCUT2D eigenvalue weighted by Gasteiger charge is -2.39. The monoisotopic (exact) mass is 818 g/mol. The minimum absolute atomic E-state index is 0.259. The maximum atomic E-state index is 6.68. The van der Waals surface area contributed by atoms with E-state index in [4.69, 9.17) is 19.1 Å². The summed E-state index contributed by atoms with van der Waals surface area (Å²) in [5, 5.41) is 3.44. The summed E-state index contributed by atoms with van der Waals surface area (Å²) < 4.78 is 13.2. The molecular formula is C60H38N2O2. The van der Waals surface area contributed by atoms with Gasteiger partial charge in [0, 0.05) is 33.1 Å². The molecule has 300 valence electrons. The molecule has 0 saturated carbocycles. The van der Waals surface area contributed by atoms with Gasteiger partial charge in [-0.1, -0.05) is 159 Å². The Morgan fingerprint density at radius 1 is 0.422 bits per heavy atom. The van der Waals surface area contributed by atoms with Crippen molar-refractivity contribution in [2.75, 3.05) is 0 Å². The van der Waals surface area contributed by atoms with Gasteiger partial charge in [0.25, 0.3) is 0 Å². The lowest BCUT2D eigenvalue weighted by molar-refractivity contribution is 0.436. The van der Waals surface area contributed by atoms with Crippen LogP contribution in [-0.4, -0.2) is 9.97 Å². The van der Waals surface area contributed by atoms with Gasteiger partial charge in [-0.3, -0.25) is 0 Å². The number of aromatic nitrogens is 2. The Hall–Kier alpha value is -8.08. The van der Waals surface area contributed by atoms with Gasteiger partial charge < -0.3 is 9.15 Å². The van der Waals surface area contributed by atoms with E-state index in [1.807, 2.05) is 36.4 Å². The maximum Gasteiger partial charge on any atom is 0.180 e. The lowest BCUT2D eigenvalue weighted by atomic mass is 9.66. The SMILES string of the molecule is CC1(C)c2ccc(-c3cccc4c3-c3cc5ccccc5cc3C43c4ccccc4Oc4ccccc43)cc2-c2ccc(-c3nc(-c4ccccc4)nc4c3oc3ccccc34)cc21. The molecule has 0 bridgehead atoms. The van der Waals surface area contributed by atoms with Gasteiger partial charge in [-0.05, 0) is 115 Å². The van der Waals surface area contributed by atoms with Crippen LogP contribution in [0.5, 0.6) is 11.5 Å². The third-order valence-electron chi connectivity index (χ3n) is 14.3. The van der Waals surface area contributed by atoms with Crippen molar-refractivity contribution in [2.24, 2.45) is 0 Å². The van der Waals surface area contributed by atoms with Gasteiger partial charge in [0.05, 0.1) is 5.41 Å². The molecule has 3 heterocycles. The average molecular weight is 819 g/mol. The molecule has 0 amide bonds. The van der Waals surface area contributed by atoms with Crippen LogP contribution in [0.1, 0.15) is 47.2 Å². The summed E-state index contributed by atoms with van der Waals surface area (Å²) in [5.41, 5.74) is 19.2. The molecule has 0 saturated heterocycles. The summed E-state index contributed by atoms with van der Waals surface area (Å²) in [6.45, 7) is 4.69. The first-order chi connectivity index (χ1) is 31.5. The molecule has 9 aromatic carbocycles. The Balaban J connectivity index is 0.970. The summed E-state index contributed by atoms with van der Waals surface area (Å²) in [6.07, 6.45) is 0. The van der Waals surface area contributed by atoms with E-state index in [0.29, 0.717) is 11.4 Å². The molecule has 4 heteroatoms. The molecule has 11 aromatic rings. The van der Waals surface area contributed by atoms with E-state index in [1.54, 1.807) is 0 Å². The van der Waals surface area contributed by atoms with Crippen molar-refractivity contribution in [2.45, 2.75) is 24.7 Å². The number of para-hydroxylation sites is 3. The van der Waals surface area contributed by atoms with Gasteiger partial charge in [0.15, 0.2) is 11.4 Å². The van der Waals surface area contributed by atoms with Gasteiger partial charge in [-0.2, -0.15) is 0 Å². The Kier molecular flexibility index (Phi) is 7.07. The first kappa shape index (κ1) is 35.5. The number of hydrogen-bond acceptors (Lipinski definition) is 4. The fourth-order valence-electron chi connectivity index (χ4n) is 11.4. The fraction of sp³-hybridized carbons (Fsp3) is 0.0667. The van der Waals surface area contributed by atoms with E-state index in [-0.39, 0.29) is 5.41 Å². The van der Waals surface area contributed by atoms with E-state index in [1.165, 1.54) is 77.5 Å². The van der Waals surface area contributed by atoms with Gasteiger partial charge >= 0.3 is 0 Å². The van der Waals surface area contributed by atoms with Crippen molar-refractivity contribution in [3.8, 4) is 67.5 Å². The smallest absolute Gasteiger partial charge is 0.180 e. The van der Waals surface area contributed by atoms with Crippen LogP contribution in [0, 0.1) is 0 Å². The van der Waals surface area contributed by atoms with Crippen LogP contribution >= 0.6 is 0 Å². The van der Waals surface area contributed by atoms with Crippen LogP contribution in [-0.2, 0) is 10.8 Å². The van der Waals surface area contributed by atoms with E-state index in [0.717, 1.165) is 44.8 Å². The topological polar surface area (TPSA) is 48.2 Å². The van der Waals surface area contributed by atoms with E-state index in [2.05, 4.69) is 172 Å². The Morgan fingerprint density at radius 3 is 1.92 bits per heavy atom. The third-order valence-corrected chi connectivity index (χ3v) is 14.3. The second-order valence-corrected chi connectivity index (χ2v) is 18.0. The molecule has 64 heavy (non-hydrogen) atoms. The zero-order valence-electron chi connectivity index (χ0n) is 35.2. The summed E-state index contributed by atoms with van der Waals surface area (Å²) in [7, 11) is 0. The fourth-order valence-corrected chi connectivity index (χ4v) is 11.4. The number of nitrogens with zero attached hydrogens (tertiary/aromatic N) is 2. The average Bonchev–Trinajstić information content (AvgIpc) is 3.94. The molecule has 1 aliphatic heterocycles. The first-order valence-corrected chi connectivity index (χ1v) is 22.1. The highest BCUT2D eigenvalue weighted by Crippen LogP contribution is 2.64. The molecule has 0 fully saturated rings. The number of benzene rings is 9. The molecule has 0 radical (unpaired) electrons. The molecule has 4 nitrogen and oxygen atoms in total. The van der Waals surface area contributed by atoms with Crippen LogP contribution < -0.4 is 4.74 Å². The number of ether oxygens (including phenoxy) is 1. The van der Waals surface area contributed by atoms with Gasteiger partial charge in [-0.25, -0.2) is 9.97 Å². The second kappa shape index (κ2) is 12.7. The van der Waals surface area contributed by atoms with Crippen molar-refractivity contribution >= 4 is 32.8 Å². The van der Waals surface area contributed by atoms with Crippen LogP contribution in [0.4, 0.5) is 0 Å². The highest BCUT2D eigenvalue weighted by Gasteiger charge is 2.52. The minimum Gasteiger partial charge on any atom is -0.457 e. The molecule has 0 atom stereocenters. The van der Waals surface area contributed by atoms with Crippen molar-refractivity contribution < 1.29 is 9.15 Å². The standard InChI is InChI=1S/C60H38N2O2/c1-59(2)45-30-28-38(32-43(45)41-29-27-39(34-49(41)59)55-57-56(42-19-8-11-24-51(42)64-57)62-58(61-55)35-15-4-3-5-16-35)40-20-14-23-48-54(40)44-31-36-17-6-7-18-37(36)33-50(44)60(48)46-21-9-12-25-52(46)63-53-26-13-10-22-47(53)60/h3-34H,1-2H3. The highest BCUT2D eigenvalue weighted by molar-refractivity contribution is 6.07. The molecule has 2 aliphatic carbocycles. The number of rotatable bonds is 3. The second-order valence-electron chi connectivity index (χ2n) is 18.0. The molecule has 0 unspecified atom stereocenters. The number of hydrogen-bond donors (Lipinski definition) is 0. The zero-order chi connectivity index (χ0) is 42.3. The number of fused-ring (bicyclic) bond motifs is 16. The van der Waals surface area contributed by atoms with Crippen molar-refractivity contribution in [3.05, 3.63) is 228 Å². The quantitative estimate of drug-likeness (QED) is 0.178. The largest absolute Gasteiger partial charge is 0.457 e. The van der Waals surface area contributed by atoms with Gasteiger partial charge in [0.1, 0.15) is 28.3 Å².